The number of amides is 1. The van der Waals surface area contributed by atoms with Crippen LogP contribution in [0, 0.1) is 0 Å². The number of pyridine rings is 1. The summed E-state index contributed by atoms with van der Waals surface area (Å²) in [6, 6.07) is 9.02. The van der Waals surface area contributed by atoms with E-state index in [0.717, 1.165) is 22.3 Å². The maximum absolute atomic E-state index is 12.5. The first kappa shape index (κ1) is 14.4. The zero-order valence-corrected chi connectivity index (χ0v) is 13.4. The zero-order chi connectivity index (χ0) is 14.8. The fraction of sp³-hybridized carbons (Fsp3) is 0.200. The van der Waals surface area contributed by atoms with Crippen molar-refractivity contribution in [3.8, 4) is 0 Å². The second-order valence-corrected chi connectivity index (χ2v) is 6.20. The highest BCUT2D eigenvalue weighted by Gasteiger charge is 2.32. The van der Waals surface area contributed by atoms with Crippen LogP contribution in [0.1, 0.15) is 6.42 Å². The van der Waals surface area contributed by atoms with E-state index in [-0.39, 0.29) is 11.9 Å². The normalized spacial score (nSPS) is 18.1. The van der Waals surface area contributed by atoms with Crippen LogP contribution in [0.4, 0.5) is 11.4 Å². The molecule has 1 aliphatic rings. The molecule has 1 atom stereocenters. The lowest BCUT2D eigenvalue weighted by molar-refractivity contribution is -0.117. The molecule has 0 radical (unpaired) electrons. The highest BCUT2D eigenvalue weighted by molar-refractivity contribution is 9.10. The van der Waals surface area contributed by atoms with E-state index in [4.69, 9.17) is 11.6 Å². The molecule has 0 aliphatic carbocycles. The maximum atomic E-state index is 12.5. The summed E-state index contributed by atoms with van der Waals surface area (Å²) in [5.74, 6) is 0.0530. The lowest BCUT2D eigenvalue weighted by atomic mass is 10.2. The van der Waals surface area contributed by atoms with Crippen molar-refractivity contribution in [2.24, 2.45) is 0 Å². The van der Waals surface area contributed by atoms with Gasteiger partial charge in [0.15, 0.2) is 0 Å². The number of anilines is 2. The van der Waals surface area contributed by atoms with Gasteiger partial charge in [0.05, 0.1) is 11.9 Å². The quantitative estimate of drug-likeness (QED) is 0.900. The van der Waals surface area contributed by atoms with Crippen molar-refractivity contribution in [2.45, 2.75) is 12.5 Å². The van der Waals surface area contributed by atoms with Crippen LogP contribution in [-0.2, 0) is 4.79 Å². The summed E-state index contributed by atoms with van der Waals surface area (Å²) in [6.45, 7) is 0.679. The van der Waals surface area contributed by atoms with Crippen LogP contribution in [0.5, 0.6) is 0 Å². The third-order valence-corrected chi connectivity index (χ3v) is 4.04. The third kappa shape index (κ3) is 3.19. The fourth-order valence-corrected chi connectivity index (χ4v) is 2.96. The van der Waals surface area contributed by atoms with Crippen LogP contribution in [0.15, 0.2) is 47.2 Å². The molecule has 108 valence electrons. The Morgan fingerprint density at radius 2 is 2.19 bits per heavy atom. The molecule has 1 aliphatic heterocycles. The summed E-state index contributed by atoms with van der Waals surface area (Å²) in [4.78, 5) is 18.3. The minimum absolute atomic E-state index is 0.0530. The van der Waals surface area contributed by atoms with Crippen molar-refractivity contribution in [1.29, 1.82) is 0 Å². The molecule has 1 fully saturated rings. The third-order valence-electron chi connectivity index (χ3n) is 3.37. The maximum Gasteiger partial charge on any atom is 0.249 e. The number of carbonyl (C=O) groups excluding carboxylic acids is 1. The second kappa shape index (κ2) is 6.03. The van der Waals surface area contributed by atoms with Gasteiger partial charge in [-0.25, -0.2) is 0 Å². The number of nitrogens with one attached hydrogen (secondary N) is 1. The van der Waals surface area contributed by atoms with Crippen molar-refractivity contribution in [1.82, 2.24) is 4.98 Å². The Hall–Kier alpha value is -1.59. The molecule has 2 aromatic rings. The van der Waals surface area contributed by atoms with E-state index >= 15 is 0 Å². The highest BCUT2D eigenvalue weighted by atomic mass is 79.9. The Balaban J connectivity index is 1.75. The average molecular weight is 367 g/mol. The average Bonchev–Trinajstić information content (AvgIpc) is 2.80. The minimum Gasteiger partial charge on any atom is -0.372 e. The first-order valence-corrected chi connectivity index (χ1v) is 7.74. The summed E-state index contributed by atoms with van der Waals surface area (Å²) >= 11 is 9.36. The number of benzene rings is 1. The molecular formula is C15H13BrClN3O. The van der Waals surface area contributed by atoms with Crippen LogP contribution < -0.4 is 10.2 Å². The first-order valence-electron chi connectivity index (χ1n) is 6.57. The number of rotatable bonds is 3. The predicted molar refractivity (Wildman–Crippen MR) is 87.8 cm³/mol. The molecule has 0 saturated carbocycles. The molecule has 6 heteroatoms. The van der Waals surface area contributed by atoms with Crippen LogP contribution in [0.3, 0.4) is 0 Å². The SMILES string of the molecule is O=C1C(Nc2cncc(Br)c2)CCN1c1cccc(Cl)c1. The molecule has 1 aromatic carbocycles. The molecule has 1 amide bonds. The summed E-state index contributed by atoms with van der Waals surface area (Å²) in [7, 11) is 0. The summed E-state index contributed by atoms with van der Waals surface area (Å²) < 4.78 is 0.879. The van der Waals surface area contributed by atoms with Crippen molar-refractivity contribution in [2.75, 3.05) is 16.8 Å². The van der Waals surface area contributed by atoms with Crippen LogP contribution >= 0.6 is 27.5 Å². The summed E-state index contributed by atoms with van der Waals surface area (Å²) in [5, 5.41) is 3.86. The van der Waals surface area contributed by atoms with Gasteiger partial charge >= 0.3 is 0 Å². The van der Waals surface area contributed by atoms with Gasteiger partial charge in [0, 0.05) is 27.9 Å². The number of aromatic nitrogens is 1. The van der Waals surface area contributed by atoms with E-state index in [9.17, 15) is 4.79 Å². The molecule has 4 nitrogen and oxygen atoms in total. The number of hydrogen-bond donors (Lipinski definition) is 1. The van der Waals surface area contributed by atoms with Gasteiger partial charge in [-0.1, -0.05) is 17.7 Å². The van der Waals surface area contributed by atoms with E-state index in [1.807, 2.05) is 24.3 Å². The van der Waals surface area contributed by atoms with Gasteiger partial charge < -0.3 is 10.2 Å². The molecule has 1 saturated heterocycles. The Labute approximate surface area is 136 Å². The summed E-state index contributed by atoms with van der Waals surface area (Å²) in [6.07, 6.45) is 4.16. The standard InChI is InChI=1S/C15H13BrClN3O/c16-10-6-12(9-18-8-10)19-14-4-5-20(15(14)21)13-3-1-2-11(17)7-13/h1-3,6-9,14,19H,4-5H2. The van der Waals surface area contributed by atoms with E-state index in [2.05, 4.69) is 26.2 Å². The van der Waals surface area contributed by atoms with Crippen molar-refractivity contribution in [3.05, 3.63) is 52.2 Å². The largest absolute Gasteiger partial charge is 0.372 e. The zero-order valence-electron chi connectivity index (χ0n) is 11.1. The number of nitrogens with zero attached hydrogens (tertiary/aromatic N) is 2. The van der Waals surface area contributed by atoms with Crippen molar-refractivity contribution < 1.29 is 4.79 Å². The van der Waals surface area contributed by atoms with Gasteiger partial charge in [0.1, 0.15) is 6.04 Å². The molecular weight excluding hydrogens is 354 g/mol. The molecule has 21 heavy (non-hydrogen) atoms. The number of hydrogen-bond acceptors (Lipinski definition) is 3. The van der Waals surface area contributed by atoms with Gasteiger partial charge in [-0.3, -0.25) is 9.78 Å². The predicted octanol–water partition coefficient (Wildman–Crippen LogP) is 3.71. The van der Waals surface area contributed by atoms with Crippen molar-refractivity contribution in [3.63, 3.8) is 0 Å². The second-order valence-electron chi connectivity index (χ2n) is 4.85. The topological polar surface area (TPSA) is 45.2 Å². The minimum atomic E-state index is -0.236. The van der Waals surface area contributed by atoms with E-state index in [0.29, 0.717) is 11.6 Å². The van der Waals surface area contributed by atoms with Crippen LogP contribution in [-0.4, -0.2) is 23.5 Å². The molecule has 1 unspecified atom stereocenters. The van der Waals surface area contributed by atoms with Gasteiger partial charge in [0.25, 0.3) is 0 Å². The van der Waals surface area contributed by atoms with Gasteiger partial charge in [-0.15, -0.1) is 0 Å². The lowest BCUT2D eigenvalue weighted by Gasteiger charge is -2.18. The van der Waals surface area contributed by atoms with Crippen LogP contribution in [0.25, 0.3) is 0 Å². The molecule has 0 spiro atoms. The lowest BCUT2D eigenvalue weighted by Crippen LogP contribution is -2.33. The van der Waals surface area contributed by atoms with Gasteiger partial charge in [0.2, 0.25) is 5.91 Å². The van der Waals surface area contributed by atoms with E-state index in [1.54, 1.807) is 23.4 Å². The molecule has 3 rings (SSSR count). The Morgan fingerprint density at radius 1 is 1.33 bits per heavy atom. The Kier molecular flexibility index (Phi) is 4.12. The Bertz CT molecular complexity index is 679. The first-order chi connectivity index (χ1) is 10.1. The number of halogens is 2. The monoisotopic (exact) mass is 365 g/mol. The fourth-order valence-electron chi connectivity index (χ4n) is 2.41. The summed E-state index contributed by atoms with van der Waals surface area (Å²) in [5.41, 5.74) is 1.67. The highest BCUT2D eigenvalue weighted by Crippen LogP contribution is 2.26. The smallest absolute Gasteiger partial charge is 0.249 e. The van der Waals surface area contributed by atoms with Gasteiger partial charge in [-0.2, -0.15) is 0 Å². The molecule has 2 heterocycles. The van der Waals surface area contributed by atoms with Gasteiger partial charge in [-0.05, 0) is 46.6 Å². The molecule has 1 N–H and O–H groups in total. The van der Waals surface area contributed by atoms with Crippen molar-refractivity contribution >= 4 is 44.8 Å². The van der Waals surface area contributed by atoms with E-state index in [1.165, 1.54) is 0 Å². The Morgan fingerprint density at radius 3 is 2.95 bits per heavy atom. The molecule has 0 bridgehead atoms. The molecule has 1 aromatic heterocycles. The number of carbonyl (C=O) groups is 1. The van der Waals surface area contributed by atoms with Crippen LogP contribution in [0.2, 0.25) is 5.02 Å². The van der Waals surface area contributed by atoms with E-state index < -0.39 is 0 Å².